The molecule has 1 saturated heterocycles. The largest absolute Gasteiger partial charge is 0.466 e. The minimum atomic E-state index is -0.314. The third-order valence-electron chi connectivity index (χ3n) is 4.71. The van der Waals surface area contributed by atoms with E-state index in [0.29, 0.717) is 38.5 Å². The van der Waals surface area contributed by atoms with Gasteiger partial charge in [0.25, 0.3) is 5.91 Å². The number of piperidine rings is 1. The zero-order valence-corrected chi connectivity index (χ0v) is 16.2. The second-order valence-electron chi connectivity index (χ2n) is 6.91. The molecule has 0 aliphatic carbocycles. The molecular weight excluding hydrogens is 342 g/mol. The van der Waals surface area contributed by atoms with Gasteiger partial charge in [-0.05, 0) is 43.4 Å². The molecule has 1 aromatic carbocycles. The fourth-order valence-corrected chi connectivity index (χ4v) is 3.01. The Kier molecular flexibility index (Phi) is 7.42. The van der Waals surface area contributed by atoms with Gasteiger partial charge >= 0.3 is 5.97 Å². The molecule has 1 amide bonds. The van der Waals surface area contributed by atoms with Crippen LogP contribution in [0.3, 0.4) is 0 Å². The van der Waals surface area contributed by atoms with Crippen LogP contribution < -0.4 is 5.32 Å². The molecule has 0 spiro atoms. The topological polar surface area (TPSA) is 82.4 Å². The standard InChI is InChI=1S/C21H27N3O3/c1-4-27-21(26)17-9-11-24(12-10-17)20(25)18(13-22)14-23-19-7-5-16(6-8-19)15(2)3/h5-8,14-15,17,23H,4,9-12H2,1-3H3/b18-14-. The number of nitrogens with zero attached hydrogens (tertiary/aromatic N) is 2. The lowest BCUT2D eigenvalue weighted by Crippen LogP contribution is -2.41. The highest BCUT2D eigenvalue weighted by Crippen LogP contribution is 2.21. The molecule has 144 valence electrons. The highest BCUT2D eigenvalue weighted by molar-refractivity contribution is 5.97. The number of hydrogen-bond donors (Lipinski definition) is 1. The number of likely N-dealkylation sites (tertiary alicyclic amines) is 1. The van der Waals surface area contributed by atoms with Crippen LogP contribution in [-0.4, -0.2) is 36.5 Å². The molecular formula is C21H27N3O3. The molecule has 27 heavy (non-hydrogen) atoms. The van der Waals surface area contributed by atoms with E-state index >= 15 is 0 Å². The Morgan fingerprint density at radius 2 is 1.93 bits per heavy atom. The first-order chi connectivity index (χ1) is 13.0. The van der Waals surface area contributed by atoms with Crippen molar-refractivity contribution >= 4 is 17.6 Å². The van der Waals surface area contributed by atoms with Crippen molar-refractivity contribution in [1.82, 2.24) is 4.90 Å². The monoisotopic (exact) mass is 369 g/mol. The molecule has 1 heterocycles. The Labute approximate surface area is 160 Å². The zero-order valence-electron chi connectivity index (χ0n) is 16.2. The molecule has 1 fully saturated rings. The van der Waals surface area contributed by atoms with Crippen LogP contribution in [0.5, 0.6) is 0 Å². The van der Waals surface area contributed by atoms with Gasteiger partial charge in [-0.15, -0.1) is 0 Å². The van der Waals surface area contributed by atoms with E-state index in [9.17, 15) is 14.9 Å². The predicted octanol–water partition coefficient (Wildman–Crippen LogP) is 3.43. The highest BCUT2D eigenvalue weighted by atomic mass is 16.5. The number of carbonyl (C=O) groups excluding carboxylic acids is 2. The van der Waals surface area contributed by atoms with Crippen molar-refractivity contribution in [3.8, 4) is 6.07 Å². The van der Waals surface area contributed by atoms with E-state index < -0.39 is 0 Å². The van der Waals surface area contributed by atoms with Crippen LogP contribution in [-0.2, 0) is 14.3 Å². The summed E-state index contributed by atoms with van der Waals surface area (Å²) in [4.78, 5) is 26.0. The van der Waals surface area contributed by atoms with Gasteiger partial charge < -0.3 is 15.0 Å². The van der Waals surface area contributed by atoms with E-state index in [4.69, 9.17) is 4.74 Å². The van der Waals surface area contributed by atoms with Crippen LogP contribution in [0.25, 0.3) is 0 Å². The summed E-state index contributed by atoms with van der Waals surface area (Å²) in [6, 6.07) is 9.87. The number of ether oxygens (including phenoxy) is 1. The second kappa shape index (κ2) is 9.77. The first-order valence-electron chi connectivity index (χ1n) is 9.39. The summed E-state index contributed by atoms with van der Waals surface area (Å²) in [5, 5.41) is 12.4. The minimum absolute atomic E-state index is 0.0533. The molecule has 0 unspecified atom stereocenters. The van der Waals surface area contributed by atoms with E-state index in [-0.39, 0.29) is 23.4 Å². The number of nitriles is 1. The third kappa shape index (κ3) is 5.58. The smallest absolute Gasteiger partial charge is 0.309 e. The SMILES string of the molecule is CCOC(=O)C1CCN(C(=O)/C(C#N)=C\Nc2ccc(C(C)C)cc2)CC1. The zero-order chi connectivity index (χ0) is 19.8. The van der Waals surface area contributed by atoms with Crippen molar-refractivity contribution in [2.75, 3.05) is 25.0 Å². The van der Waals surface area contributed by atoms with Gasteiger partial charge in [-0.3, -0.25) is 9.59 Å². The van der Waals surface area contributed by atoms with E-state index in [0.717, 1.165) is 5.69 Å². The normalized spacial score (nSPS) is 15.4. The van der Waals surface area contributed by atoms with Gasteiger partial charge in [0.05, 0.1) is 12.5 Å². The Balaban J connectivity index is 1.94. The number of benzene rings is 1. The molecule has 0 bridgehead atoms. The van der Waals surface area contributed by atoms with E-state index in [2.05, 4.69) is 19.2 Å². The van der Waals surface area contributed by atoms with Crippen molar-refractivity contribution in [3.63, 3.8) is 0 Å². The Hall–Kier alpha value is -2.81. The van der Waals surface area contributed by atoms with Gasteiger partial charge in [0, 0.05) is 25.0 Å². The third-order valence-corrected chi connectivity index (χ3v) is 4.71. The van der Waals surface area contributed by atoms with Gasteiger partial charge in [0.2, 0.25) is 0 Å². The number of anilines is 1. The molecule has 1 N–H and O–H groups in total. The summed E-state index contributed by atoms with van der Waals surface area (Å²) in [5.41, 5.74) is 2.10. The Bertz CT molecular complexity index is 724. The fraction of sp³-hybridized carbons (Fsp3) is 0.476. The van der Waals surface area contributed by atoms with Gasteiger partial charge in [-0.25, -0.2) is 0 Å². The van der Waals surface area contributed by atoms with Crippen LogP contribution in [0.15, 0.2) is 36.0 Å². The quantitative estimate of drug-likeness (QED) is 0.472. The average Bonchev–Trinajstić information content (AvgIpc) is 2.69. The van der Waals surface area contributed by atoms with Crippen molar-refractivity contribution in [1.29, 1.82) is 5.26 Å². The van der Waals surface area contributed by atoms with E-state index in [1.807, 2.05) is 30.3 Å². The molecule has 0 aromatic heterocycles. The van der Waals surface area contributed by atoms with Crippen LogP contribution in [0.4, 0.5) is 5.69 Å². The number of nitrogens with one attached hydrogen (secondary N) is 1. The van der Waals surface area contributed by atoms with Gasteiger partial charge in [0.15, 0.2) is 0 Å². The number of esters is 1. The maximum absolute atomic E-state index is 12.6. The summed E-state index contributed by atoms with van der Waals surface area (Å²) >= 11 is 0. The predicted molar refractivity (Wildman–Crippen MR) is 104 cm³/mol. The summed E-state index contributed by atoms with van der Waals surface area (Å²) in [5.74, 6) is -0.234. The summed E-state index contributed by atoms with van der Waals surface area (Å²) in [6.07, 6.45) is 2.57. The highest BCUT2D eigenvalue weighted by Gasteiger charge is 2.29. The number of carbonyl (C=O) groups is 2. The number of hydrogen-bond acceptors (Lipinski definition) is 5. The molecule has 1 aliphatic heterocycles. The molecule has 2 rings (SSSR count). The molecule has 0 atom stereocenters. The van der Waals surface area contributed by atoms with Crippen molar-refractivity contribution in [3.05, 3.63) is 41.6 Å². The van der Waals surface area contributed by atoms with E-state index in [1.54, 1.807) is 11.8 Å². The lowest BCUT2D eigenvalue weighted by molar-refractivity contribution is -0.150. The fourth-order valence-electron chi connectivity index (χ4n) is 3.01. The van der Waals surface area contributed by atoms with Crippen molar-refractivity contribution in [2.24, 2.45) is 5.92 Å². The van der Waals surface area contributed by atoms with Crippen LogP contribution >= 0.6 is 0 Å². The molecule has 1 aliphatic rings. The van der Waals surface area contributed by atoms with Crippen LogP contribution in [0.1, 0.15) is 45.1 Å². The molecule has 1 aromatic rings. The average molecular weight is 369 g/mol. The maximum atomic E-state index is 12.6. The molecule has 0 saturated carbocycles. The lowest BCUT2D eigenvalue weighted by atomic mass is 9.96. The van der Waals surface area contributed by atoms with Crippen molar-refractivity contribution < 1.29 is 14.3 Å². The number of amides is 1. The summed E-state index contributed by atoms with van der Waals surface area (Å²) in [6.45, 7) is 7.29. The lowest BCUT2D eigenvalue weighted by Gasteiger charge is -2.30. The van der Waals surface area contributed by atoms with Gasteiger partial charge in [0.1, 0.15) is 11.6 Å². The van der Waals surface area contributed by atoms with Crippen molar-refractivity contribution in [2.45, 2.75) is 39.5 Å². The molecule has 6 heteroatoms. The Morgan fingerprint density at radius 3 is 2.44 bits per heavy atom. The minimum Gasteiger partial charge on any atom is -0.466 e. The van der Waals surface area contributed by atoms with Crippen LogP contribution in [0, 0.1) is 17.2 Å². The maximum Gasteiger partial charge on any atom is 0.309 e. The van der Waals surface area contributed by atoms with Crippen LogP contribution in [0.2, 0.25) is 0 Å². The van der Waals surface area contributed by atoms with Gasteiger partial charge in [-0.2, -0.15) is 5.26 Å². The summed E-state index contributed by atoms with van der Waals surface area (Å²) in [7, 11) is 0. The summed E-state index contributed by atoms with van der Waals surface area (Å²) < 4.78 is 5.04. The van der Waals surface area contributed by atoms with E-state index in [1.165, 1.54) is 11.8 Å². The first-order valence-corrected chi connectivity index (χ1v) is 9.39. The molecule has 0 radical (unpaired) electrons. The second-order valence-corrected chi connectivity index (χ2v) is 6.91. The Morgan fingerprint density at radius 1 is 1.30 bits per heavy atom. The molecule has 6 nitrogen and oxygen atoms in total. The first kappa shape index (κ1) is 20.5. The van der Waals surface area contributed by atoms with Gasteiger partial charge in [-0.1, -0.05) is 26.0 Å². The number of rotatable bonds is 6.